The Labute approximate surface area is 98.0 Å². The van der Waals surface area contributed by atoms with Crippen LogP contribution in [0.3, 0.4) is 0 Å². The Hall–Kier alpha value is -0.870. The summed E-state index contributed by atoms with van der Waals surface area (Å²) in [7, 11) is 1.73. The van der Waals surface area contributed by atoms with Crippen LogP contribution in [0.2, 0.25) is 0 Å². The lowest BCUT2D eigenvalue weighted by Gasteiger charge is -2.21. The maximum atomic E-state index is 5.25. The van der Waals surface area contributed by atoms with Crippen LogP contribution in [-0.4, -0.2) is 28.3 Å². The van der Waals surface area contributed by atoms with E-state index < -0.39 is 0 Å². The lowest BCUT2D eigenvalue weighted by molar-refractivity contribution is 0.102. The first-order valence-electron chi connectivity index (χ1n) is 5.70. The van der Waals surface area contributed by atoms with Crippen molar-refractivity contribution in [3.8, 4) is 0 Å². The minimum Gasteiger partial charge on any atom is -0.380 e. The highest BCUT2D eigenvalue weighted by Gasteiger charge is 2.11. The molecule has 1 atom stereocenters. The molecule has 0 aliphatic rings. The monoisotopic (exact) mass is 225 g/mol. The summed E-state index contributed by atoms with van der Waals surface area (Å²) < 4.78 is 7.39. The van der Waals surface area contributed by atoms with Gasteiger partial charge in [-0.1, -0.05) is 0 Å². The third-order valence-electron chi connectivity index (χ3n) is 2.43. The molecule has 1 aromatic rings. The van der Waals surface area contributed by atoms with Crippen molar-refractivity contribution in [2.45, 2.75) is 52.4 Å². The number of hydrogen-bond acceptors (Lipinski definition) is 3. The molecule has 0 saturated carbocycles. The average Bonchev–Trinajstić information content (AvgIpc) is 2.61. The Balaban J connectivity index is 2.57. The van der Waals surface area contributed by atoms with Gasteiger partial charge in [0.2, 0.25) is 0 Å². The Morgan fingerprint density at radius 1 is 1.50 bits per heavy atom. The lowest BCUT2D eigenvalue weighted by Crippen LogP contribution is -2.36. The van der Waals surface area contributed by atoms with Crippen LogP contribution in [0.5, 0.6) is 0 Å². The van der Waals surface area contributed by atoms with Gasteiger partial charge in [0.05, 0.1) is 12.6 Å². The molecule has 1 aromatic heterocycles. The van der Waals surface area contributed by atoms with Crippen molar-refractivity contribution in [1.82, 2.24) is 14.9 Å². The van der Waals surface area contributed by atoms with Gasteiger partial charge in [0.15, 0.2) is 0 Å². The first-order chi connectivity index (χ1) is 7.42. The van der Waals surface area contributed by atoms with E-state index in [0.29, 0.717) is 0 Å². The predicted molar refractivity (Wildman–Crippen MR) is 65.3 cm³/mol. The van der Waals surface area contributed by atoms with Crippen LogP contribution in [0.4, 0.5) is 0 Å². The van der Waals surface area contributed by atoms with Crippen LogP contribution in [0.15, 0.2) is 12.4 Å². The first-order valence-corrected chi connectivity index (χ1v) is 5.70. The van der Waals surface area contributed by atoms with Crippen molar-refractivity contribution < 1.29 is 4.74 Å². The van der Waals surface area contributed by atoms with Gasteiger partial charge in [-0.3, -0.25) is 0 Å². The second kappa shape index (κ2) is 5.46. The zero-order valence-electron chi connectivity index (χ0n) is 10.9. The molecule has 0 amide bonds. The van der Waals surface area contributed by atoms with E-state index in [9.17, 15) is 0 Å². The highest BCUT2D eigenvalue weighted by molar-refractivity contribution is 4.93. The van der Waals surface area contributed by atoms with E-state index in [1.165, 1.54) is 0 Å². The zero-order valence-corrected chi connectivity index (χ0v) is 10.9. The van der Waals surface area contributed by atoms with Crippen molar-refractivity contribution in [3.05, 3.63) is 18.2 Å². The number of nitrogens with zero attached hydrogens (tertiary/aromatic N) is 2. The largest absolute Gasteiger partial charge is 0.380 e. The number of aromatic nitrogens is 2. The summed E-state index contributed by atoms with van der Waals surface area (Å²) in [5.41, 5.74) is 0.115. The summed E-state index contributed by atoms with van der Waals surface area (Å²) in [5.74, 6) is 1.05. The van der Waals surface area contributed by atoms with E-state index in [1.54, 1.807) is 7.11 Å². The highest BCUT2D eigenvalue weighted by Crippen LogP contribution is 2.05. The normalized spacial score (nSPS) is 14.1. The summed E-state index contributed by atoms with van der Waals surface area (Å²) in [6.45, 7) is 10.1. The predicted octanol–water partition coefficient (Wildman–Crippen LogP) is 1.81. The third-order valence-corrected chi connectivity index (χ3v) is 2.43. The van der Waals surface area contributed by atoms with E-state index in [2.05, 4.69) is 42.6 Å². The van der Waals surface area contributed by atoms with Gasteiger partial charge in [-0.25, -0.2) is 4.98 Å². The maximum Gasteiger partial charge on any atom is 0.122 e. The van der Waals surface area contributed by atoms with Gasteiger partial charge in [-0.05, 0) is 27.7 Å². The topological polar surface area (TPSA) is 39.1 Å². The average molecular weight is 225 g/mol. The minimum absolute atomic E-state index is 0.115. The van der Waals surface area contributed by atoms with Gasteiger partial charge < -0.3 is 14.6 Å². The summed E-state index contributed by atoms with van der Waals surface area (Å²) in [6.07, 6.45) is 4.04. The summed E-state index contributed by atoms with van der Waals surface area (Å²) >= 11 is 0. The van der Waals surface area contributed by atoms with Crippen LogP contribution >= 0.6 is 0 Å². The SMILES string of the molecule is COC(C)Cn1ccnc1CNC(C)(C)C. The Morgan fingerprint density at radius 2 is 2.19 bits per heavy atom. The Kier molecular flexibility index (Phi) is 4.50. The second-order valence-electron chi connectivity index (χ2n) is 5.15. The Morgan fingerprint density at radius 3 is 2.75 bits per heavy atom. The van der Waals surface area contributed by atoms with E-state index in [1.807, 2.05) is 12.4 Å². The quantitative estimate of drug-likeness (QED) is 0.830. The van der Waals surface area contributed by atoms with Gasteiger partial charge in [0.25, 0.3) is 0 Å². The molecule has 0 aliphatic heterocycles. The van der Waals surface area contributed by atoms with Gasteiger partial charge in [0, 0.05) is 31.6 Å². The molecule has 92 valence electrons. The van der Waals surface area contributed by atoms with Crippen LogP contribution < -0.4 is 5.32 Å². The molecule has 0 spiro atoms. The molecule has 1 N–H and O–H groups in total. The molecule has 0 aliphatic carbocycles. The summed E-state index contributed by atoms with van der Waals surface area (Å²) in [5, 5.41) is 3.43. The van der Waals surface area contributed by atoms with E-state index in [4.69, 9.17) is 4.74 Å². The van der Waals surface area contributed by atoms with Crippen molar-refractivity contribution >= 4 is 0 Å². The number of rotatable bonds is 5. The van der Waals surface area contributed by atoms with Crippen LogP contribution in [0.1, 0.15) is 33.5 Å². The zero-order chi connectivity index (χ0) is 12.2. The minimum atomic E-state index is 0.115. The van der Waals surface area contributed by atoms with Crippen molar-refractivity contribution in [2.24, 2.45) is 0 Å². The van der Waals surface area contributed by atoms with E-state index in [0.717, 1.165) is 18.9 Å². The number of hydrogen-bond donors (Lipinski definition) is 1. The van der Waals surface area contributed by atoms with Crippen LogP contribution in [0.25, 0.3) is 0 Å². The van der Waals surface area contributed by atoms with E-state index >= 15 is 0 Å². The van der Waals surface area contributed by atoms with Gasteiger partial charge >= 0.3 is 0 Å². The van der Waals surface area contributed by atoms with Crippen molar-refractivity contribution in [2.75, 3.05) is 7.11 Å². The molecule has 1 unspecified atom stereocenters. The molecular formula is C12H23N3O. The molecule has 0 bridgehead atoms. The fraction of sp³-hybridized carbons (Fsp3) is 0.750. The molecule has 0 saturated heterocycles. The van der Waals surface area contributed by atoms with Crippen LogP contribution in [-0.2, 0) is 17.8 Å². The number of ether oxygens (including phenoxy) is 1. The van der Waals surface area contributed by atoms with Gasteiger partial charge in [-0.15, -0.1) is 0 Å². The smallest absolute Gasteiger partial charge is 0.122 e. The lowest BCUT2D eigenvalue weighted by atomic mass is 10.1. The van der Waals surface area contributed by atoms with Gasteiger partial charge in [0.1, 0.15) is 5.82 Å². The van der Waals surface area contributed by atoms with E-state index in [-0.39, 0.29) is 11.6 Å². The van der Waals surface area contributed by atoms with Gasteiger partial charge in [-0.2, -0.15) is 0 Å². The molecule has 0 aromatic carbocycles. The molecule has 0 radical (unpaired) electrons. The van der Waals surface area contributed by atoms with Crippen molar-refractivity contribution in [3.63, 3.8) is 0 Å². The molecule has 16 heavy (non-hydrogen) atoms. The number of methoxy groups -OCH3 is 1. The summed E-state index contributed by atoms with van der Waals surface area (Å²) in [4.78, 5) is 4.35. The maximum absolute atomic E-state index is 5.25. The molecule has 4 nitrogen and oxygen atoms in total. The number of imidazole rings is 1. The third kappa shape index (κ3) is 4.33. The molecule has 1 rings (SSSR count). The molecular weight excluding hydrogens is 202 g/mol. The standard InChI is InChI=1S/C12H23N3O/c1-10(16-5)9-15-7-6-13-11(15)8-14-12(2,3)4/h6-7,10,14H,8-9H2,1-5H3. The molecule has 0 fully saturated rings. The molecule has 1 heterocycles. The fourth-order valence-electron chi connectivity index (χ4n) is 1.37. The Bertz CT molecular complexity index is 314. The fourth-order valence-corrected chi connectivity index (χ4v) is 1.37. The first kappa shape index (κ1) is 13.2. The molecule has 4 heteroatoms. The highest BCUT2D eigenvalue weighted by atomic mass is 16.5. The second-order valence-corrected chi connectivity index (χ2v) is 5.15. The summed E-state index contributed by atoms with van der Waals surface area (Å²) in [6, 6.07) is 0. The van der Waals surface area contributed by atoms with Crippen molar-refractivity contribution in [1.29, 1.82) is 0 Å². The number of nitrogens with one attached hydrogen (secondary N) is 1. The van der Waals surface area contributed by atoms with Crippen LogP contribution in [0, 0.1) is 0 Å².